The minimum Gasteiger partial charge on any atom is -0.494 e. The molecule has 118 valence electrons. The predicted molar refractivity (Wildman–Crippen MR) is 92.7 cm³/mol. The van der Waals surface area contributed by atoms with Crippen LogP contribution in [0, 0.1) is 6.92 Å². The number of hydrogen-bond acceptors (Lipinski definition) is 4. The zero-order valence-corrected chi connectivity index (χ0v) is 14.2. The summed E-state index contributed by atoms with van der Waals surface area (Å²) in [6.45, 7) is 8.44. The Morgan fingerprint density at radius 1 is 1.32 bits per heavy atom. The van der Waals surface area contributed by atoms with Crippen molar-refractivity contribution in [2.75, 3.05) is 12.3 Å². The molecule has 1 aromatic heterocycles. The molecule has 0 bridgehead atoms. The molecule has 0 saturated carbocycles. The Morgan fingerprint density at radius 2 is 1.95 bits per heavy atom. The lowest BCUT2D eigenvalue weighted by Crippen LogP contribution is -2.30. The zero-order valence-electron chi connectivity index (χ0n) is 13.4. The van der Waals surface area contributed by atoms with Crippen LogP contribution < -0.4 is 15.8 Å². The zero-order chi connectivity index (χ0) is 16.3. The summed E-state index contributed by atoms with van der Waals surface area (Å²) in [7, 11) is 0. The third kappa shape index (κ3) is 3.42. The lowest BCUT2D eigenvalue weighted by Gasteiger charge is -2.11. The van der Waals surface area contributed by atoms with Gasteiger partial charge in [0.25, 0.3) is 5.91 Å². The number of ether oxygens (including phenoxy) is 1. The summed E-state index contributed by atoms with van der Waals surface area (Å²) < 4.78 is 5.46. The van der Waals surface area contributed by atoms with Gasteiger partial charge in [-0.2, -0.15) is 0 Å². The first-order valence-corrected chi connectivity index (χ1v) is 8.18. The number of anilines is 1. The monoisotopic (exact) mass is 318 g/mol. The van der Waals surface area contributed by atoms with Crippen molar-refractivity contribution in [2.45, 2.75) is 33.7 Å². The molecule has 22 heavy (non-hydrogen) atoms. The van der Waals surface area contributed by atoms with Crippen LogP contribution in [0.25, 0.3) is 11.1 Å². The maximum Gasteiger partial charge on any atom is 0.255 e. The minimum atomic E-state index is -0.124. The van der Waals surface area contributed by atoms with Gasteiger partial charge in [-0.15, -0.1) is 11.3 Å². The van der Waals surface area contributed by atoms with Crippen LogP contribution in [-0.2, 0) is 0 Å². The molecule has 0 aliphatic heterocycles. The number of amides is 1. The number of nitrogens with two attached hydrogens (primary N) is 1. The molecule has 5 heteroatoms. The van der Waals surface area contributed by atoms with Crippen LogP contribution in [0.3, 0.4) is 0 Å². The van der Waals surface area contributed by atoms with Crippen LogP contribution in [0.1, 0.15) is 36.0 Å². The van der Waals surface area contributed by atoms with Gasteiger partial charge in [-0.05, 0) is 45.4 Å². The van der Waals surface area contributed by atoms with Gasteiger partial charge in [-0.3, -0.25) is 4.79 Å². The number of aryl methyl sites for hydroxylation is 1. The van der Waals surface area contributed by atoms with Crippen molar-refractivity contribution in [1.82, 2.24) is 5.32 Å². The Bertz CT molecular complexity index is 660. The van der Waals surface area contributed by atoms with Crippen LogP contribution in [0.15, 0.2) is 24.3 Å². The molecule has 2 rings (SSSR count). The SMILES string of the molecule is CCOc1ccc(-c2c(C)sc(N)c2C(=O)NC(C)C)cc1. The van der Waals surface area contributed by atoms with Gasteiger partial charge in [0.05, 0.1) is 17.2 Å². The summed E-state index contributed by atoms with van der Waals surface area (Å²) in [5.74, 6) is 0.695. The Kier molecular flexibility index (Phi) is 5.08. The summed E-state index contributed by atoms with van der Waals surface area (Å²) in [4.78, 5) is 13.5. The first-order valence-electron chi connectivity index (χ1n) is 7.37. The van der Waals surface area contributed by atoms with E-state index in [4.69, 9.17) is 10.5 Å². The smallest absolute Gasteiger partial charge is 0.255 e. The second-order valence-electron chi connectivity index (χ2n) is 5.36. The summed E-state index contributed by atoms with van der Waals surface area (Å²) in [6, 6.07) is 7.82. The lowest BCUT2D eigenvalue weighted by atomic mass is 10.0. The highest BCUT2D eigenvalue weighted by Crippen LogP contribution is 2.38. The van der Waals surface area contributed by atoms with Crippen molar-refractivity contribution in [3.63, 3.8) is 0 Å². The van der Waals surface area contributed by atoms with Crippen molar-refractivity contribution in [2.24, 2.45) is 0 Å². The van der Waals surface area contributed by atoms with Gasteiger partial charge in [0.1, 0.15) is 5.75 Å². The van der Waals surface area contributed by atoms with Gasteiger partial charge in [-0.1, -0.05) is 12.1 Å². The van der Waals surface area contributed by atoms with E-state index in [0.29, 0.717) is 17.2 Å². The molecule has 1 amide bonds. The molecular formula is C17H22N2O2S. The normalized spacial score (nSPS) is 10.8. The number of thiophene rings is 1. The van der Waals surface area contributed by atoms with Gasteiger partial charge >= 0.3 is 0 Å². The molecule has 1 heterocycles. The van der Waals surface area contributed by atoms with Crippen molar-refractivity contribution in [3.8, 4) is 16.9 Å². The molecule has 0 spiro atoms. The summed E-state index contributed by atoms with van der Waals surface area (Å²) in [6.07, 6.45) is 0. The average Bonchev–Trinajstić information content (AvgIpc) is 2.74. The van der Waals surface area contributed by atoms with E-state index in [1.165, 1.54) is 11.3 Å². The fourth-order valence-corrected chi connectivity index (χ4v) is 3.31. The molecular weight excluding hydrogens is 296 g/mol. The largest absolute Gasteiger partial charge is 0.494 e. The molecule has 0 aliphatic carbocycles. The summed E-state index contributed by atoms with van der Waals surface area (Å²) in [5.41, 5.74) is 8.52. The second-order valence-corrected chi connectivity index (χ2v) is 6.61. The van der Waals surface area contributed by atoms with E-state index in [2.05, 4.69) is 5.32 Å². The highest BCUT2D eigenvalue weighted by atomic mass is 32.1. The summed E-state index contributed by atoms with van der Waals surface area (Å²) in [5, 5.41) is 3.47. The molecule has 2 aromatic rings. The van der Waals surface area contributed by atoms with Crippen LogP contribution in [-0.4, -0.2) is 18.6 Å². The number of nitrogen functional groups attached to an aromatic ring is 1. The molecule has 1 aromatic carbocycles. The highest BCUT2D eigenvalue weighted by molar-refractivity contribution is 7.16. The molecule has 0 unspecified atom stereocenters. The molecule has 0 atom stereocenters. The second kappa shape index (κ2) is 6.83. The predicted octanol–water partition coefficient (Wildman–Crippen LogP) is 3.84. The molecule has 0 radical (unpaired) electrons. The van der Waals surface area contributed by atoms with Crippen LogP contribution in [0.2, 0.25) is 0 Å². The van der Waals surface area contributed by atoms with Gasteiger partial charge in [0.2, 0.25) is 0 Å². The van der Waals surface area contributed by atoms with Crippen LogP contribution in [0.4, 0.5) is 5.00 Å². The van der Waals surface area contributed by atoms with Gasteiger partial charge in [0.15, 0.2) is 0 Å². The lowest BCUT2D eigenvalue weighted by molar-refractivity contribution is 0.0945. The van der Waals surface area contributed by atoms with Crippen molar-refractivity contribution < 1.29 is 9.53 Å². The topological polar surface area (TPSA) is 64.3 Å². The van der Waals surface area contributed by atoms with E-state index in [1.54, 1.807) is 0 Å². The Labute approximate surface area is 135 Å². The quantitative estimate of drug-likeness (QED) is 0.880. The fourth-order valence-electron chi connectivity index (χ4n) is 2.36. The van der Waals surface area contributed by atoms with Crippen molar-refractivity contribution in [3.05, 3.63) is 34.7 Å². The third-order valence-corrected chi connectivity index (χ3v) is 4.15. The van der Waals surface area contributed by atoms with Crippen molar-refractivity contribution in [1.29, 1.82) is 0 Å². The van der Waals surface area contributed by atoms with Crippen LogP contribution >= 0.6 is 11.3 Å². The molecule has 0 saturated heterocycles. The average molecular weight is 318 g/mol. The Hall–Kier alpha value is -2.01. The molecule has 0 aliphatic rings. The van der Waals surface area contributed by atoms with E-state index in [1.807, 2.05) is 52.0 Å². The molecule has 4 nitrogen and oxygen atoms in total. The number of carbonyl (C=O) groups excluding carboxylic acids is 1. The van der Waals surface area contributed by atoms with E-state index in [0.717, 1.165) is 21.8 Å². The third-order valence-electron chi connectivity index (χ3n) is 3.21. The maximum absolute atomic E-state index is 12.4. The number of benzene rings is 1. The molecule has 0 fully saturated rings. The minimum absolute atomic E-state index is 0.0697. The van der Waals surface area contributed by atoms with Crippen molar-refractivity contribution >= 4 is 22.2 Å². The fraction of sp³-hybridized carbons (Fsp3) is 0.353. The maximum atomic E-state index is 12.4. The van der Waals surface area contributed by atoms with E-state index >= 15 is 0 Å². The first kappa shape index (κ1) is 16.4. The van der Waals surface area contributed by atoms with Gasteiger partial charge in [0, 0.05) is 16.5 Å². The number of hydrogen-bond donors (Lipinski definition) is 2. The van der Waals surface area contributed by atoms with E-state index < -0.39 is 0 Å². The number of nitrogens with one attached hydrogen (secondary N) is 1. The standard InChI is InChI=1S/C17H22N2O2S/c1-5-21-13-8-6-12(7-9-13)14-11(4)22-16(18)15(14)17(20)19-10(2)3/h6-10H,5,18H2,1-4H3,(H,19,20). The Balaban J connectivity index is 2.44. The van der Waals surface area contributed by atoms with Gasteiger partial charge in [-0.25, -0.2) is 0 Å². The first-order chi connectivity index (χ1) is 10.4. The Morgan fingerprint density at radius 3 is 2.50 bits per heavy atom. The number of carbonyl (C=O) groups is 1. The van der Waals surface area contributed by atoms with E-state index in [9.17, 15) is 4.79 Å². The van der Waals surface area contributed by atoms with Crippen LogP contribution in [0.5, 0.6) is 5.75 Å². The summed E-state index contributed by atoms with van der Waals surface area (Å²) >= 11 is 1.45. The van der Waals surface area contributed by atoms with E-state index in [-0.39, 0.29) is 11.9 Å². The van der Waals surface area contributed by atoms with Gasteiger partial charge < -0.3 is 15.8 Å². The molecule has 3 N–H and O–H groups in total. The number of rotatable bonds is 5. The highest BCUT2D eigenvalue weighted by Gasteiger charge is 2.22.